The van der Waals surface area contributed by atoms with Gasteiger partial charge in [-0.05, 0) is 25.5 Å². The zero-order valence-electron chi connectivity index (χ0n) is 8.20. The molecule has 72 valence electrons. The maximum Gasteiger partial charge on any atom is 0.181 e. The van der Waals surface area contributed by atoms with Crippen LogP contribution in [-0.4, -0.2) is 15.2 Å². The summed E-state index contributed by atoms with van der Waals surface area (Å²) in [6.45, 7) is 3.84. The number of H-pyrrole nitrogens is 1. The summed E-state index contributed by atoms with van der Waals surface area (Å²) in [6.07, 6.45) is 0. The zero-order chi connectivity index (χ0) is 10.1. The topological polar surface area (TPSA) is 67.6 Å². The minimum Gasteiger partial charge on any atom is -0.398 e. The fourth-order valence-electron chi connectivity index (χ4n) is 1.25. The van der Waals surface area contributed by atoms with Gasteiger partial charge in [-0.1, -0.05) is 12.1 Å². The molecule has 0 saturated heterocycles. The number of nitrogens with one attached hydrogen (secondary N) is 1. The lowest BCUT2D eigenvalue weighted by Crippen LogP contribution is -1.90. The summed E-state index contributed by atoms with van der Waals surface area (Å²) >= 11 is 0. The van der Waals surface area contributed by atoms with E-state index in [0.29, 0.717) is 5.82 Å². The van der Waals surface area contributed by atoms with Crippen LogP contribution < -0.4 is 5.73 Å². The Labute approximate surface area is 82.2 Å². The van der Waals surface area contributed by atoms with Gasteiger partial charge >= 0.3 is 0 Å². The molecule has 1 heterocycles. The van der Waals surface area contributed by atoms with E-state index in [0.717, 1.165) is 22.6 Å². The molecule has 0 aliphatic carbocycles. The quantitative estimate of drug-likeness (QED) is 0.669. The predicted molar refractivity (Wildman–Crippen MR) is 55.7 cm³/mol. The minimum absolute atomic E-state index is 0.689. The van der Waals surface area contributed by atoms with Crippen molar-refractivity contribution in [3.63, 3.8) is 0 Å². The molecule has 0 aliphatic heterocycles. The first kappa shape index (κ1) is 8.74. The molecule has 0 atom stereocenters. The molecule has 0 spiro atoms. The Bertz CT molecular complexity index is 459. The number of anilines is 1. The molecule has 4 nitrogen and oxygen atoms in total. The SMILES string of the molecule is Cc1nc(-c2ccc(C)c(N)c2)n[nH]1. The summed E-state index contributed by atoms with van der Waals surface area (Å²) in [5, 5.41) is 6.86. The van der Waals surface area contributed by atoms with Crippen molar-refractivity contribution < 1.29 is 0 Å². The Kier molecular flexibility index (Phi) is 1.96. The van der Waals surface area contributed by atoms with Crippen LogP contribution in [0.25, 0.3) is 11.4 Å². The molecule has 1 aromatic carbocycles. The summed E-state index contributed by atoms with van der Waals surface area (Å²) < 4.78 is 0. The number of nitrogens with two attached hydrogens (primary N) is 1. The van der Waals surface area contributed by atoms with E-state index in [9.17, 15) is 0 Å². The van der Waals surface area contributed by atoms with Crippen LogP contribution in [0.2, 0.25) is 0 Å². The number of hydrogen-bond acceptors (Lipinski definition) is 3. The molecule has 0 saturated carbocycles. The third-order valence-corrected chi connectivity index (χ3v) is 2.13. The van der Waals surface area contributed by atoms with Crippen LogP contribution in [0.1, 0.15) is 11.4 Å². The zero-order valence-corrected chi connectivity index (χ0v) is 8.20. The fourth-order valence-corrected chi connectivity index (χ4v) is 1.25. The van der Waals surface area contributed by atoms with Gasteiger partial charge in [0.05, 0.1) is 0 Å². The highest BCUT2D eigenvalue weighted by Gasteiger charge is 2.04. The lowest BCUT2D eigenvalue weighted by Gasteiger charge is -2.00. The number of aryl methyl sites for hydroxylation is 2. The third kappa shape index (κ3) is 1.46. The predicted octanol–water partition coefficient (Wildman–Crippen LogP) is 1.67. The van der Waals surface area contributed by atoms with E-state index in [1.807, 2.05) is 32.0 Å². The van der Waals surface area contributed by atoms with E-state index >= 15 is 0 Å². The molecular weight excluding hydrogens is 176 g/mol. The number of aromatic amines is 1. The van der Waals surface area contributed by atoms with Gasteiger partial charge in [0.15, 0.2) is 5.82 Å². The van der Waals surface area contributed by atoms with Crippen LogP contribution in [0.15, 0.2) is 18.2 Å². The smallest absolute Gasteiger partial charge is 0.181 e. The van der Waals surface area contributed by atoms with Gasteiger partial charge in [0.1, 0.15) is 5.82 Å². The average Bonchev–Trinajstić information content (AvgIpc) is 2.57. The van der Waals surface area contributed by atoms with Crippen molar-refractivity contribution in [3.05, 3.63) is 29.6 Å². The van der Waals surface area contributed by atoms with Crippen LogP contribution in [0, 0.1) is 13.8 Å². The molecular formula is C10H12N4. The minimum atomic E-state index is 0.689. The fraction of sp³-hybridized carbons (Fsp3) is 0.200. The van der Waals surface area contributed by atoms with E-state index in [1.165, 1.54) is 0 Å². The summed E-state index contributed by atoms with van der Waals surface area (Å²) in [5.74, 6) is 1.49. The van der Waals surface area contributed by atoms with Gasteiger partial charge in [-0.25, -0.2) is 4.98 Å². The molecule has 0 radical (unpaired) electrons. The van der Waals surface area contributed by atoms with Crippen molar-refractivity contribution in [1.82, 2.24) is 15.2 Å². The van der Waals surface area contributed by atoms with Crippen molar-refractivity contribution in [2.75, 3.05) is 5.73 Å². The lowest BCUT2D eigenvalue weighted by atomic mass is 10.1. The molecule has 0 aliphatic rings. The highest BCUT2D eigenvalue weighted by molar-refractivity contribution is 5.63. The number of hydrogen-bond donors (Lipinski definition) is 2. The van der Waals surface area contributed by atoms with Gasteiger partial charge in [-0.3, -0.25) is 5.10 Å². The summed E-state index contributed by atoms with van der Waals surface area (Å²) in [5.41, 5.74) is 8.58. The average molecular weight is 188 g/mol. The van der Waals surface area contributed by atoms with Crippen LogP contribution in [0.5, 0.6) is 0 Å². The van der Waals surface area contributed by atoms with Crippen molar-refractivity contribution in [1.29, 1.82) is 0 Å². The molecule has 0 bridgehead atoms. The highest BCUT2D eigenvalue weighted by atomic mass is 15.2. The van der Waals surface area contributed by atoms with Crippen LogP contribution in [0.3, 0.4) is 0 Å². The monoisotopic (exact) mass is 188 g/mol. The summed E-state index contributed by atoms with van der Waals surface area (Å²) in [7, 11) is 0. The third-order valence-electron chi connectivity index (χ3n) is 2.13. The van der Waals surface area contributed by atoms with Crippen molar-refractivity contribution in [3.8, 4) is 11.4 Å². The Balaban J connectivity index is 2.47. The number of aromatic nitrogens is 3. The molecule has 3 N–H and O–H groups in total. The largest absolute Gasteiger partial charge is 0.398 e. The van der Waals surface area contributed by atoms with E-state index in [4.69, 9.17) is 5.73 Å². The van der Waals surface area contributed by atoms with E-state index in [1.54, 1.807) is 0 Å². The first-order valence-corrected chi connectivity index (χ1v) is 4.42. The van der Waals surface area contributed by atoms with Gasteiger partial charge in [0.2, 0.25) is 0 Å². The van der Waals surface area contributed by atoms with E-state index < -0.39 is 0 Å². The molecule has 2 aromatic rings. The maximum atomic E-state index is 5.80. The van der Waals surface area contributed by atoms with E-state index in [-0.39, 0.29) is 0 Å². The Morgan fingerprint density at radius 1 is 1.29 bits per heavy atom. The molecule has 0 fully saturated rings. The van der Waals surface area contributed by atoms with Crippen molar-refractivity contribution >= 4 is 5.69 Å². The standard InChI is InChI=1S/C10H12N4/c1-6-3-4-8(5-9(6)11)10-12-7(2)13-14-10/h3-5H,11H2,1-2H3,(H,12,13,14). The molecule has 0 unspecified atom stereocenters. The number of nitrogens with zero attached hydrogens (tertiary/aromatic N) is 2. The van der Waals surface area contributed by atoms with Gasteiger partial charge in [-0.15, -0.1) is 0 Å². The maximum absolute atomic E-state index is 5.80. The van der Waals surface area contributed by atoms with Crippen LogP contribution in [0.4, 0.5) is 5.69 Å². The Hall–Kier alpha value is -1.84. The van der Waals surface area contributed by atoms with Gasteiger partial charge < -0.3 is 5.73 Å². The van der Waals surface area contributed by atoms with Crippen LogP contribution >= 0.6 is 0 Å². The number of nitrogen functional groups attached to an aromatic ring is 1. The number of rotatable bonds is 1. The second-order valence-corrected chi connectivity index (χ2v) is 3.32. The molecule has 2 rings (SSSR count). The van der Waals surface area contributed by atoms with Crippen molar-refractivity contribution in [2.24, 2.45) is 0 Å². The van der Waals surface area contributed by atoms with E-state index in [2.05, 4.69) is 15.2 Å². The molecule has 0 amide bonds. The normalized spacial score (nSPS) is 10.4. The first-order valence-electron chi connectivity index (χ1n) is 4.42. The molecule has 1 aromatic heterocycles. The summed E-state index contributed by atoms with van der Waals surface area (Å²) in [6, 6.07) is 5.82. The van der Waals surface area contributed by atoms with Gasteiger partial charge in [0.25, 0.3) is 0 Å². The Morgan fingerprint density at radius 3 is 2.64 bits per heavy atom. The second kappa shape index (κ2) is 3.14. The van der Waals surface area contributed by atoms with Gasteiger partial charge in [0, 0.05) is 11.3 Å². The molecule has 4 heteroatoms. The number of benzene rings is 1. The van der Waals surface area contributed by atoms with Gasteiger partial charge in [-0.2, -0.15) is 5.10 Å². The Morgan fingerprint density at radius 2 is 2.07 bits per heavy atom. The second-order valence-electron chi connectivity index (χ2n) is 3.32. The lowest BCUT2D eigenvalue weighted by molar-refractivity contribution is 1.04. The summed E-state index contributed by atoms with van der Waals surface area (Å²) in [4.78, 5) is 4.23. The molecule has 14 heavy (non-hydrogen) atoms. The van der Waals surface area contributed by atoms with Crippen molar-refractivity contribution in [2.45, 2.75) is 13.8 Å². The highest BCUT2D eigenvalue weighted by Crippen LogP contribution is 2.20. The first-order chi connectivity index (χ1) is 6.66. The van der Waals surface area contributed by atoms with Crippen LogP contribution in [-0.2, 0) is 0 Å².